The van der Waals surface area contributed by atoms with Crippen LogP contribution in [0.3, 0.4) is 0 Å². The zero-order chi connectivity index (χ0) is 18.4. The predicted octanol–water partition coefficient (Wildman–Crippen LogP) is -2.48. The highest BCUT2D eigenvalue weighted by atomic mass is 19.1. The Kier molecular flexibility index (Phi) is 6.93. The van der Waals surface area contributed by atoms with Gasteiger partial charge in [0, 0.05) is 12.7 Å². The van der Waals surface area contributed by atoms with Crippen molar-refractivity contribution < 1.29 is 19.3 Å². The van der Waals surface area contributed by atoms with Crippen LogP contribution in [0.15, 0.2) is 22.3 Å². The van der Waals surface area contributed by atoms with Crippen LogP contribution in [0.25, 0.3) is 0 Å². The molecule has 0 spiro atoms. The van der Waals surface area contributed by atoms with Crippen molar-refractivity contribution in [3.8, 4) is 0 Å². The third-order valence-corrected chi connectivity index (χ3v) is 3.94. The first-order valence-corrected chi connectivity index (χ1v) is 8.10. The number of halogens is 1. The molecule has 5 atom stereocenters. The van der Waals surface area contributed by atoms with Crippen molar-refractivity contribution in [1.82, 2.24) is 10.2 Å². The van der Waals surface area contributed by atoms with Gasteiger partial charge in [0.25, 0.3) is 0 Å². The molecule has 10 nitrogen and oxygen atoms in total. The van der Waals surface area contributed by atoms with E-state index in [1.54, 1.807) is 6.20 Å². The van der Waals surface area contributed by atoms with Crippen LogP contribution in [-0.2, 0) is 4.74 Å². The Morgan fingerprint density at radius 1 is 1.44 bits per heavy atom. The molecule has 142 valence electrons. The maximum absolute atomic E-state index is 14.3. The van der Waals surface area contributed by atoms with Crippen LogP contribution in [0.1, 0.15) is 12.8 Å². The lowest BCUT2D eigenvalue weighted by Gasteiger charge is -2.35. The van der Waals surface area contributed by atoms with E-state index in [4.69, 9.17) is 27.0 Å². The number of hydrogen-bond acceptors (Lipinski definition) is 8. The molecule has 2 aliphatic heterocycles. The summed E-state index contributed by atoms with van der Waals surface area (Å²) < 4.78 is 19.7. The van der Waals surface area contributed by atoms with Crippen LogP contribution in [0.5, 0.6) is 0 Å². The highest BCUT2D eigenvalue weighted by Gasteiger charge is 2.47. The van der Waals surface area contributed by atoms with E-state index in [2.05, 4.69) is 15.3 Å². The van der Waals surface area contributed by atoms with E-state index in [1.807, 2.05) is 0 Å². The zero-order valence-electron chi connectivity index (χ0n) is 13.8. The molecule has 0 saturated carbocycles. The molecule has 0 aromatic carbocycles. The minimum atomic E-state index is -1.68. The number of hydrogen-bond donors (Lipinski definition) is 6. The number of aliphatic hydroxyl groups is 2. The fraction of sp³-hybridized carbons (Fsp3) is 0.714. The van der Waals surface area contributed by atoms with Gasteiger partial charge in [0.15, 0.2) is 24.6 Å². The van der Waals surface area contributed by atoms with Gasteiger partial charge in [-0.25, -0.2) is 9.38 Å². The lowest BCUT2D eigenvalue weighted by molar-refractivity contribution is -0.0863. The monoisotopic (exact) mass is 359 g/mol. The normalized spacial score (nSPS) is 31.9. The highest BCUT2D eigenvalue weighted by molar-refractivity contribution is 5.91. The average Bonchev–Trinajstić information content (AvgIpc) is 2.86. The number of guanidine groups is 1. The van der Waals surface area contributed by atoms with E-state index in [-0.39, 0.29) is 5.96 Å². The first kappa shape index (κ1) is 19.4. The smallest absolute Gasteiger partial charge is 0.185 e. The van der Waals surface area contributed by atoms with Crippen molar-refractivity contribution in [2.45, 2.75) is 43.7 Å². The van der Waals surface area contributed by atoms with Gasteiger partial charge in [-0.05, 0) is 25.5 Å². The average molecular weight is 359 g/mol. The van der Waals surface area contributed by atoms with Crippen LogP contribution >= 0.6 is 0 Å². The number of rotatable bonds is 8. The highest BCUT2D eigenvalue weighted by Crippen LogP contribution is 2.28. The summed E-state index contributed by atoms with van der Waals surface area (Å²) in [6, 6.07) is 0. The first-order valence-electron chi connectivity index (χ1n) is 8.10. The van der Waals surface area contributed by atoms with E-state index >= 15 is 0 Å². The van der Waals surface area contributed by atoms with Gasteiger partial charge in [0.2, 0.25) is 0 Å². The van der Waals surface area contributed by atoms with E-state index < -0.39 is 37.5 Å². The summed E-state index contributed by atoms with van der Waals surface area (Å²) >= 11 is 0. The van der Waals surface area contributed by atoms with E-state index in [0.717, 1.165) is 12.8 Å². The van der Waals surface area contributed by atoms with Crippen LogP contribution in [0.2, 0.25) is 0 Å². The van der Waals surface area contributed by atoms with E-state index in [0.29, 0.717) is 18.9 Å². The summed E-state index contributed by atoms with van der Waals surface area (Å²) in [5, 5.41) is 22.1. The topological polar surface area (TPSA) is 168 Å². The third kappa shape index (κ3) is 5.01. The maximum Gasteiger partial charge on any atom is 0.185 e. The van der Waals surface area contributed by atoms with Crippen LogP contribution < -0.4 is 22.5 Å². The van der Waals surface area contributed by atoms with Crippen molar-refractivity contribution in [1.29, 1.82) is 0 Å². The van der Waals surface area contributed by atoms with Crippen molar-refractivity contribution in [3.05, 3.63) is 12.3 Å². The molecular weight excluding hydrogens is 333 g/mol. The summed E-state index contributed by atoms with van der Waals surface area (Å²) in [6.07, 6.45) is -1.14. The number of nitrogens with one attached hydrogen (secondary N) is 1. The molecule has 0 amide bonds. The molecule has 25 heavy (non-hydrogen) atoms. The maximum atomic E-state index is 14.3. The third-order valence-electron chi connectivity index (χ3n) is 3.94. The molecule has 0 aromatic heterocycles. The Morgan fingerprint density at radius 3 is 2.84 bits per heavy atom. The number of unbranched alkanes of at least 4 members (excludes halogenated alkanes) is 1. The Balaban J connectivity index is 1.91. The van der Waals surface area contributed by atoms with Gasteiger partial charge in [-0.3, -0.25) is 10.3 Å². The van der Waals surface area contributed by atoms with Gasteiger partial charge in [-0.1, -0.05) is 0 Å². The number of ether oxygens (including phenoxy) is 1. The van der Waals surface area contributed by atoms with Crippen molar-refractivity contribution in [2.75, 3.05) is 19.7 Å². The molecule has 0 radical (unpaired) electrons. The second-order valence-corrected chi connectivity index (χ2v) is 5.84. The molecule has 2 rings (SSSR count). The molecule has 1 saturated heterocycles. The SMILES string of the molecule is NC(N)=NCCCCNC1N=C(N)C=CN1[C@@H]1O[C@H](CO)[C@H](O)[C@@H]1F. The Morgan fingerprint density at radius 2 is 2.20 bits per heavy atom. The fourth-order valence-electron chi connectivity index (χ4n) is 2.64. The molecule has 1 unspecified atom stereocenters. The number of nitrogens with zero attached hydrogens (tertiary/aromatic N) is 3. The molecule has 9 N–H and O–H groups in total. The molecule has 0 bridgehead atoms. The molecular formula is C14H26FN7O3. The first-order chi connectivity index (χ1) is 11.9. The van der Waals surface area contributed by atoms with Crippen molar-refractivity contribution >= 4 is 11.8 Å². The molecule has 1 fully saturated rings. The molecule has 2 aliphatic rings. The number of amidine groups is 1. The van der Waals surface area contributed by atoms with Gasteiger partial charge < -0.3 is 37.1 Å². The minimum Gasteiger partial charge on any atom is -0.394 e. The van der Waals surface area contributed by atoms with Crippen LogP contribution in [-0.4, -0.2) is 77.5 Å². The molecule has 0 aliphatic carbocycles. The van der Waals surface area contributed by atoms with E-state index in [9.17, 15) is 9.50 Å². The number of aliphatic imine (C=N–C) groups is 2. The largest absolute Gasteiger partial charge is 0.394 e. The lowest BCUT2D eigenvalue weighted by Crippen LogP contribution is -2.52. The van der Waals surface area contributed by atoms with Gasteiger partial charge in [0.1, 0.15) is 18.0 Å². The number of nitrogens with two attached hydrogens (primary N) is 3. The van der Waals surface area contributed by atoms with Gasteiger partial charge in [0.05, 0.1) is 6.61 Å². The summed E-state index contributed by atoms with van der Waals surface area (Å²) in [5.41, 5.74) is 16.2. The van der Waals surface area contributed by atoms with Gasteiger partial charge >= 0.3 is 0 Å². The second-order valence-electron chi connectivity index (χ2n) is 5.84. The summed E-state index contributed by atoms with van der Waals surface area (Å²) in [4.78, 5) is 9.61. The Bertz CT molecular complexity index is 527. The Labute approximate surface area is 145 Å². The second kappa shape index (κ2) is 8.94. The van der Waals surface area contributed by atoms with Crippen LogP contribution in [0.4, 0.5) is 4.39 Å². The molecule has 11 heteroatoms. The number of aliphatic hydroxyl groups excluding tert-OH is 2. The standard InChI is InChI=1S/C14H26FN7O3/c15-10-11(24)8(7-23)25-12(10)22-6-3-9(16)21-14(22)20-5-2-1-4-19-13(17)18/h3,6,8,10-12,14,20,23-24H,1-2,4-5,7H2,(H2,16,21)(H4,17,18,19)/t8-,10+,11+,12-,14?/m1/s1. The summed E-state index contributed by atoms with van der Waals surface area (Å²) in [6.45, 7) is 0.623. The van der Waals surface area contributed by atoms with Gasteiger partial charge in [-0.2, -0.15) is 0 Å². The number of alkyl halides is 1. The quantitative estimate of drug-likeness (QED) is 0.157. The Hall–Kier alpha value is -1.95. The van der Waals surface area contributed by atoms with Crippen LogP contribution in [0, 0.1) is 0 Å². The molecule has 2 heterocycles. The van der Waals surface area contributed by atoms with Gasteiger partial charge in [-0.15, -0.1) is 0 Å². The fourth-order valence-corrected chi connectivity index (χ4v) is 2.64. The zero-order valence-corrected chi connectivity index (χ0v) is 13.8. The summed E-state index contributed by atoms with van der Waals surface area (Å²) in [7, 11) is 0. The molecule has 0 aromatic rings. The van der Waals surface area contributed by atoms with E-state index in [1.165, 1.54) is 11.0 Å². The van der Waals surface area contributed by atoms with Crippen molar-refractivity contribution in [2.24, 2.45) is 27.2 Å². The van der Waals surface area contributed by atoms with Crippen molar-refractivity contribution in [3.63, 3.8) is 0 Å². The predicted molar refractivity (Wildman–Crippen MR) is 91.0 cm³/mol. The minimum absolute atomic E-state index is 0.0540. The lowest BCUT2D eigenvalue weighted by atomic mass is 10.1. The summed E-state index contributed by atoms with van der Waals surface area (Å²) in [5.74, 6) is 0.347.